The van der Waals surface area contributed by atoms with Crippen LogP contribution in [0.5, 0.6) is 0 Å². The van der Waals surface area contributed by atoms with E-state index in [1.54, 1.807) is 4.90 Å². The second-order valence-corrected chi connectivity index (χ2v) is 6.06. The first-order valence-electron chi connectivity index (χ1n) is 7.51. The van der Waals surface area contributed by atoms with Crippen molar-refractivity contribution in [1.29, 1.82) is 0 Å². The number of carbonyl (C=O) groups is 2. The van der Waals surface area contributed by atoms with Gasteiger partial charge in [0.2, 0.25) is 0 Å². The van der Waals surface area contributed by atoms with Crippen LogP contribution in [0.3, 0.4) is 0 Å². The minimum atomic E-state index is -0.730. The highest BCUT2D eigenvalue weighted by Gasteiger charge is 2.41. The van der Waals surface area contributed by atoms with Gasteiger partial charge in [0.05, 0.1) is 5.41 Å². The van der Waals surface area contributed by atoms with E-state index in [0.717, 1.165) is 19.4 Å². The van der Waals surface area contributed by atoms with Crippen molar-refractivity contribution in [2.45, 2.75) is 45.1 Å². The van der Waals surface area contributed by atoms with Crippen LogP contribution in [-0.4, -0.2) is 59.1 Å². The van der Waals surface area contributed by atoms with Crippen molar-refractivity contribution in [2.75, 3.05) is 26.2 Å². The first-order chi connectivity index (χ1) is 9.48. The summed E-state index contributed by atoms with van der Waals surface area (Å²) in [4.78, 5) is 27.4. The van der Waals surface area contributed by atoms with E-state index >= 15 is 0 Å². The summed E-state index contributed by atoms with van der Waals surface area (Å²) in [6.07, 6.45) is 3.64. The molecule has 20 heavy (non-hydrogen) atoms. The minimum absolute atomic E-state index is 0.0234. The highest BCUT2D eigenvalue weighted by Crippen LogP contribution is 2.35. The third-order valence-corrected chi connectivity index (χ3v) is 4.85. The van der Waals surface area contributed by atoms with Gasteiger partial charge in [-0.2, -0.15) is 0 Å². The number of carbonyl (C=O) groups excluding carboxylic acids is 1. The molecule has 1 unspecified atom stereocenters. The Labute approximate surface area is 119 Å². The zero-order valence-electron chi connectivity index (χ0n) is 12.2. The number of carboxylic acids is 1. The number of carboxylic acid groups (broad SMARTS) is 1. The maximum absolute atomic E-state index is 12.4. The number of hydrogen-bond acceptors (Lipinski definition) is 3. The first kappa shape index (κ1) is 15.1. The average molecular weight is 283 g/mol. The van der Waals surface area contributed by atoms with E-state index < -0.39 is 11.4 Å². The lowest BCUT2D eigenvalue weighted by Gasteiger charge is -2.41. The van der Waals surface area contributed by atoms with Crippen LogP contribution in [0.15, 0.2) is 0 Å². The molecule has 2 rings (SSSR count). The number of rotatable bonds is 2. The molecular weight excluding hydrogens is 258 g/mol. The number of nitrogens with zero attached hydrogens (tertiary/aromatic N) is 2. The Morgan fingerprint density at radius 3 is 2.40 bits per heavy atom. The fourth-order valence-electron chi connectivity index (χ4n) is 3.23. The SMILES string of the molecule is CCC1(C(=O)O)CCN(C(=O)N2CCCC(N)C2)CC1. The number of hydrogen-bond donors (Lipinski definition) is 2. The molecule has 1 atom stereocenters. The fourth-order valence-corrected chi connectivity index (χ4v) is 3.23. The van der Waals surface area contributed by atoms with E-state index in [2.05, 4.69) is 0 Å². The molecule has 3 N–H and O–H groups in total. The largest absolute Gasteiger partial charge is 0.481 e. The third-order valence-electron chi connectivity index (χ3n) is 4.85. The van der Waals surface area contributed by atoms with Gasteiger partial charge in [-0.3, -0.25) is 4.79 Å². The van der Waals surface area contributed by atoms with Gasteiger partial charge in [-0.15, -0.1) is 0 Å². The quantitative estimate of drug-likeness (QED) is 0.794. The Morgan fingerprint density at radius 1 is 1.25 bits per heavy atom. The van der Waals surface area contributed by atoms with Crippen molar-refractivity contribution < 1.29 is 14.7 Å². The molecule has 0 aromatic carbocycles. The number of urea groups is 1. The smallest absolute Gasteiger partial charge is 0.320 e. The normalized spacial score (nSPS) is 26.4. The van der Waals surface area contributed by atoms with E-state index in [-0.39, 0.29) is 12.1 Å². The average Bonchev–Trinajstić information content (AvgIpc) is 2.46. The lowest BCUT2D eigenvalue weighted by atomic mass is 9.76. The standard InChI is InChI=1S/C14H25N3O3/c1-2-14(12(18)19)5-8-16(9-6-14)13(20)17-7-3-4-11(15)10-17/h11H,2-10,15H2,1H3,(H,18,19). The molecule has 2 saturated heterocycles. The van der Waals surface area contributed by atoms with Crippen molar-refractivity contribution in [3.63, 3.8) is 0 Å². The highest BCUT2D eigenvalue weighted by atomic mass is 16.4. The molecule has 2 heterocycles. The number of amides is 2. The summed E-state index contributed by atoms with van der Waals surface area (Å²) in [6.45, 7) is 4.36. The van der Waals surface area contributed by atoms with Gasteiger partial charge >= 0.3 is 12.0 Å². The molecule has 0 spiro atoms. The summed E-state index contributed by atoms with van der Waals surface area (Å²) in [7, 11) is 0. The summed E-state index contributed by atoms with van der Waals surface area (Å²) >= 11 is 0. The molecule has 6 nitrogen and oxygen atoms in total. The van der Waals surface area contributed by atoms with Crippen molar-refractivity contribution >= 4 is 12.0 Å². The van der Waals surface area contributed by atoms with E-state index in [1.807, 2.05) is 11.8 Å². The lowest BCUT2D eigenvalue weighted by Crippen LogP contribution is -2.54. The summed E-state index contributed by atoms with van der Waals surface area (Å²) in [5.74, 6) is -0.730. The summed E-state index contributed by atoms with van der Waals surface area (Å²) in [6, 6.07) is 0.0986. The third kappa shape index (κ3) is 2.90. The zero-order valence-corrected chi connectivity index (χ0v) is 12.2. The van der Waals surface area contributed by atoms with E-state index in [0.29, 0.717) is 38.9 Å². The monoisotopic (exact) mass is 283 g/mol. The Kier molecular flexibility index (Phi) is 4.52. The molecule has 0 aromatic heterocycles. The van der Waals surface area contributed by atoms with E-state index in [1.165, 1.54) is 0 Å². The van der Waals surface area contributed by atoms with Crippen LogP contribution in [0.25, 0.3) is 0 Å². The van der Waals surface area contributed by atoms with Gasteiger partial charge in [0.1, 0.15) is 0 Å². The maximum Gasteiger partial charge on any atom is 0.320 e. The van der Waals surface area contributed by atoms with Crippen LogP contribution in [0.1, 0.15) is 39.0 Å². The number of likely N-dealkylation sites (tertiary alicyclic amines) is 2. The second-order valence-electron chi connectivity index (χ2n) is 6.06. The predicted octanol–water partition coefficient (Wildman–Crippen LogP) is 1.11. The predicted molar refractivity (Wildman–Crippen MR) is 75.3 cm³/mol. The van der Waals surface area contributed by atoms with Crippen LogP contribution in [-0.2, 0) is 4.79 Å². The molecule has 0 aliphatic carbocycles. The number of aliphatic carboxylic acids is 1. The Balaban J connectivity index is 1.93. The zero-order chi connectivity index (χ0) is 14.8. The molecule has 0 aromatic rings. The van der Waals surface area contributed by atoms with Gasteiger partial charge < -0.3 is 20.6 Å². The van der Waals surface area contributed by atoms with Gasteiger partial charge in [-0.05, 0) is 32.1 Å². The van der Waals surface area contributed by atoms with Crippen molar-refractivity contribution in [2.24, 2.45) is 11.1 Å². The lowest BCUT2D eigenvalue weighted by molar-refractivity contribution is -0.152. The fraction of sp³-hybridized carbons (Fsp3) is 0.857. The molecule has 2 fully saturated rings. The topological polar surface area (TPSA) is 86.9 Å². The van der Waals surface area contributed by atoms with Crippen LogP contribution in [0, 0.1) is 5.41 Å². The Hall–Kier alpha value is -1.30. The van der Waals surface area contributed by atoms with E-state index in [9.17, 15) is 14.7 Å². The van der Waals surface area contributed by atoms with Gasteiger partial charge in [-0.25, -0.2) is 4.79 Å². The van der Waals surface area contributed by atoms with Crippen molar-refractivity contribution in [3.8, 4) is 0 Å². The van der Waals surface area contributed by atoms with E-state index in [4.69, 9.17) is 5.73 Å². The second kappa shape index (κ2) is 5.99. The minimum Gasteiger partial charge on any atom is -0.481 e. The van der Waals surface area contributed by atoms with Crippen molar-refractivity contribution in [1.82, 2.24) is 9.80 Å². The number of piperidine rings is 2. The maximum atomic E-state index is 12.4. The molecular formula is C14H25N3O3. The summed E-state index contributed by atoms with van der Waals surface area (Å²) in [5, 5.41) is 9.37. The molecule has 0 radical (unpaired) electrons. The van der Waals surface area contributed by atoms with Crippen molar-refractivity contribution in [3.05, 3.63) is 0 Å². The molecule has 0 saturated carbocycles. The van der Waals surface area contributed by atoms with Gasteiger partial charge in [0, 0.05) is 32.2 Å². The molecule has 114 valence electrons. The van der Waals surface area contributed by atoms with Gasteiger partial charge in [0.25, 0.3) is 0 Å². The first-order valence-corrected chi connectivity index (χ1v) is 7.51. The molecule has 2 amide bonds. The molecule has 2 aliphatic rings. The highest BCUT2D eigenvalue weighted by molar-refractivity contribution is 5.77. The molecule has 0 bridgehead atoms. The molecule has 2 aliphatic heterocycles. The van der Waals surface area contributed by atoms with Gasteiger partial charge in [-0.1, -0.05) is 6.92 Å². The summed E-state index contributed by atoms with van der Waals surface area (Å²) < 4.78 is 0. The van der Waals surface area contributed by atoms with Crippen LogP contribution < -0.4 is 5.73 Å². The van der Waals surface area contributed by atoms with Crippen LogP contribution in [0.2, 0.25) is 0 Å². The summed E-state index contributed by atoms with van der Waals surface area (Å²) in [5.41, 5.74) is 5.26. The molecule has 6 heteroatoms. The Bertz CT molecular complexity index is 378. The van der Waals surface area contributed by atoms with Crippen LogP contribution in [0.4, 0.5) is 4.79 Å². The van der Waals surface area contributed by atoms with Crippen LogP contribution >= 0.6 is 0 Å². The Morgan fingerprint density at radius 2 is 1.90 bits per heavy atom. The number of nitrogens with two attached hydrogens (primary N) is 1. The van der Waals surface area contributed by atoms with Gasteiger partial charge in [0.15, 0.2) is 0 Å².